The van der Waals surface area contributed by atoms with Crippen molar-refractivity contribution in [1.82, 2.24) is 0 Å². The zero-order valence-corrected chi connectivity index (χ0v) is 7.99. The number of hydrogen-bond acceptors (Lipinski definition) is 3. The third-order valence-electron chi connectivity index (χ3n) is 1.81. The summed E-state index contributed by atoms with van der Waals surface area (Å²) in [7, 11) is 0. The Bertz CT molecular complexity index is 336. The molecule has 0 aliphatic carbocycles. The van der Waals surface area contributed by atoms with Crippen molar-refractivity contribution in [3.8, 4) is 5.75 Å². The molecular formula is C10H13NO3. The molecule has 0 fully saturated rings. The summed E-state index contributed by atoms with van der Waals surface area (Å²) in [5.74, 6) is 0.200. The van der Waals surface area contributed by atoms with E-state index < -0.39 is 5.91 Å². The van der Waals surface area contributed by atoms with E-state index in [1.165, 1.54) is 0 Å². The first-order chi connectivity index (χ1) is 6.65. The van der Waals surface area contributed by atoms with Gasteiger partial charge in [-0.25, -0.2) is 0 Å². The van der Waals surface area contributed by atoms with E-state index in [2.05, 4.69) is 0 Å². The fourth-order valence-corrected chi connectivity index (χ4v) is 1.12. The van der Waals surface area contributed by atoms with E-state index in [1.54, 1.807) is 18.2 Å². The zero-order chi connectivity index (χ0) is 10.6. The quantitative estimate of drug-likeness (QED) is 0.733. The average molecular weight is 195 g/mol. The normalized spacial score (nSPS) is 9.86. The topological polar surface area (TPSA) is 72.6 Å². The molecule has 0 heterocycles. The molecule has 0 atom stereocenters. The maximum absolute atomic E-state index is 10.8. The lowest BCUT2D eigenvalue weighted by molar-refractivity contribution is 0.1000. The van der Waals surface area contributed by atoms with Crippen molar-refractivity contribution in [1.29, 1.82) is 0 Å². The number of carbonyl (C=O) groups is 1. The van der Waals surface area contributed by atoms with Gasteiger partial charge in [-0.05, 0) is 30.7 Å². The highest BCUT2D eigenvalue weighted by molar-refractivity contribution is 5.93. The smallest absolute Gasteiger partial charge is 0.248 e. The van der Waals surface area contributed by atoms with Crippen molar-refractivity contribution in [2.24, 2.45) is 5.73 Å². The Morgan fingerprint density at radius 3 is 2.79 bits per heavy atom. The van der Waals surface area contributed by atoms with Crippen LogP contribution in [0.2, 0.25) is 0 Å². The Labute approximate surface area is 82.3 Å². The van der Waals surface area contributed by atoms with E-state index in [0.29, 0.717) is 11.3 Å². The molecule has 0 aliphatic rings. The Morgan fingerprint density at radius 1 is 1.57 bits per heavy atom. The summed E-state index contributed by atoms with van der Waals surface area (Å²) in [6.07, 6.45) is 0. The predicted molar refractivity (Wildman–Crippen MR) is 52.3 cm³/mol. The van der Waals surface area contributed by atoms with E-state index in [4.69, 9.17) is 15.6 Å². The number of primary amides is 1. The van der Waals surface area contributed by atoms with Crippen LogP contribution in [0.3, 0.4) is 0 Å². The molecular weight excluding hydrogens is 182 g/mol. The number of nitrogens with two attached hydrogens (primary N) is 1. The molecule has 1 aromatic rings. The van der Waals surface area contributed by atoms with Crippen molar-refractivity contribution in [2.45, 2.75) is 6.92 Å². The lowest BCUT2D eigenvalue weighted by Gasteiger charge is -2.08. The van der Waals surface area contributed by atoms with Gasteiger partial charge in [0.05, 0.1) is 6.61 Å². The fraction of sp³-hybridized carbons (Fsp3) is 0.300. The Balaban J connectivity index is 2.84. The molecule has 0 unspecified atom stereocenters. The second-order valence-electron chi connectivity index (χ2n) is 2.92. The molecule has 76 valence electrons. The van der Waals surface area contributed by atoms with Crippen LogP contribution < -0.4 is 10.5 Å². The highest BCUT2D eigenvalue weighted by Gasteiger charge is 2.04. The molecule has 4 heteroatoms. The number of aliphatic hydroxyl groups is 1. The first kappa shape index (κ1) is 10.5. The van der Waals surface area contributed by atoms with Gasteiger partial charge < -0.3 is 15.6 Å². The lowest BCUT2D eigenvalue weighted by atomic mass is 10.1. The summed E-state index contributed by atoms with van der Waals surface area (Å²) in [6.45, 7) is 2.03. The second-order valence-corrected chi connectivity index (χ2v) is 2.92. The molecule has 0 spiro atoms. The highest BCUT2D eigenvalue weighted by Crippen LogP contribution is 2.18. The standard InChI is InChI=1S/C10H13NO3/c1-7-6-8(10(11)13)2-3-9(7)14-5-4-12/h2-3,6,12H,4-5H2,1H3,(H2,11,13). The molecule has 0 aromatic heterocycles. The molecule has 14 heavy (non-hydrogen) atoms. The largest absolute Gasteiger partial charge is 0.491 e. The molecule has 0 saturated carbocycles. The van der Waals surface area contributed by atoms with E-state index in [-0.39, 0.29) is 13.2 Å². The van der Waals surface area contributed by atoms with Gasteiger partial charge in [0.25, 0.3) is 0 Å². The minimum atomic E-state index is -0.457. The Morgan fingerprint density at radius 2 is 2.29 bits per heavy atom. The Kier molecular flexibility index (Phi) is 3.48. The fourth-order valence-electron chi connectivity index (χ4n) is 1.12. The van der Waals surface area contributed by atoms with Gasteiger partial charge in [0.1, 0.15) is 12.4 Å². The molecule has 4 nitrogen and oxygen atoms in total. The van der Waals surface area contributed by atoms with Gasteiger partial charge in [-0.1, -0.05) is 0 Å². The predicted octanol–water partition coefficient (Wildman–Crippen LogP) is 0.465. The SMILES string of the molecule is Cc1cc(C(N)=O)ccc1OCCO. The van der Waals surface area contributed by atoms with Gasteiger partial charge in [0.15, 0.2) is 0 Å². The minimum Gasteiger partial charge on any atom is -0.491 e. The number of aliphatic hydroxyl groups excluding tert-OH is 1. The first-order valence-electron chi connectivity index (χ1n) is 4.29. The van der Waals surface area contributed by atoms with Crippen LogP contribution in [0.1, 0.15) is 15.9 Å². The van der Waals surface area contributed by atoms with E-state index in [1.807, 2.05) is 6.92 Å². The maximum Gasteiger partial charge on any atom is 0.248 e. The van der Waals surface area contributed by atoms with E-state index >= 15 is 0 Å². The number of rotatable bonds is 4. The molecule has 3 N–H and O–H groups in total. The van der Waals surface area contributed by atoms with E-state index in [0.717, 1.165) is 5.56 Å². The van der Waals surface area contributed by atoms with E-state index in [9.17, 15) is 4.79 Å². The summed E-state index contributed by atoms with van der Waals surface area (Å²) >= 11 is 0. The van der Waals surface area contributed by atoms with Gasteiger partial charge in [-0.15, -0.1) is 0 Å². The number of ether oxygens (including phenoxy) is 1. The van der Waals surface area contributed by atoms with Crippen molar-refractivity contribution in [3.63, 3.8) is 0 Å². The van der Waals surface area contributed by atoms with Crippen LogP contribution in [-0.2, 0) is 0 Å². The van der Waals surface area contributed by atoms with Crippen LogP contribution in [0.15, 0.2) is 18.2 Å². The second kappa shape index (κ2) is 4.62. The maximum atomic E-state index is 10.8. The monoisotopic (exact) mass is 195 g/mol. The zero-order valence-electron chi connectivity index (χ0n) is 7.99. The summed E-state index contributed by atoms with van der Waals surface area (Å²) < 4.78 is 5.22. The van der Waals surface area contributed by atoms with Gasteiger partial charge in [-0.2, -0.15) is 0 Å². The van der Waals surface area contributed by atoms with Crippen LogP contribution in [0.25, 0.3) is 0 Å². The number of aryl methyl sites for hydroxylation is 1. The molecule has 0 bridgehead atoms. The van der Waals surface area contributed by atoms with Gasteiger partial charge in [0.2, 0.25) is 5.91 Å². The van der Waals surface area contributed by atoms with Gasteiger partial charge >= 0.3 is 0 Å². The summed E-state index contributed by atoms with van der Waals surface area (Å²) in [6, 6.07) is 4.93. The van der Waals surface area contributed by atoms with Gasteiger partial charge in [0, 0.05) is 5.56 Å². The van der Waals surface area contributed by atoms with Crippen LogP contribution in [-0.4, -0.2) is 24.2 Å². The number of amides is 1. The molecule has 0 radical (unpaired) electrons. The van der Waals surface area contributed by atoms with Crippen molar-refractivity contribution in [2.75, 3.05) is 13.2 Å². The van der Waals surface area contributed by atoms with Crippen molar-refractivity contribution >= 4 is 5.91 Å². The molecule has 0 saturated heterocycles. The Hall–Kier alpha value is -1.55. The number of benzene rings is 1. The molecule has 0 aliphatic heterocycles. The average Bonchev–Trinajstić information content (AvgIpc) is 2.15. The first-order valence-corrected chi connectivity index (χ1v) is 4.29. The molecule has 1 amide bonds. The van der Waals surface area contributed by atoms with Crippen molar-refractivity contribution < 1.29 is 14.6 Å². The number of hydrogen-bond donors (Lipinski definition) is 2. The highest BCUT2D eigenvalue weighted by atomic mass is 16.5. The lowest BCUT2D eigenvalue weighted by Crippen LogP contribution is -2.11. The molecule has 1 aromatic carbocycles. The summed E-state index contributed by atoms with van der Waals surface area (Å²) in [4.78, 5) is 10.8. The van der Waals surface area contributed by atoms with Crippen LogP contribution in [0.5, 0.6) is 5.75 Å². The number of carbonyl (C=O) groups excluding carboxylic acids is 1. The third-order valence-corrected chi connectivity index (χ3v) is 1.81. The third kappa shape index (κ3) is 2.47. The summed E-state index contributed by atoms with van der Waals surface area (Å²) in [5.41, 5.74) is 6.40. The minimum absolute atomic E-state index is 0.0307. The molecule has 1 rings (SSSR count). The van der Waals surface area contributed by atoms with Crippen LogP contribution >= 0.6 is 0 Å². The van der Waals surface area contributed by atoms with Crippen LogP contribution in [0, 0.1) is 6.92 Å². The van der Waals surface area contributed by atoms with Crippen LogP contribution in [0.4, 0.5) is 0 Å². The summed E-state index contributed by atoms with van der Waals surface area (Å²) in [5, 5.41) is 8.56. The van der Waals surface area contributed by atoms with Gasteiger partial charge in [-0.3, -0.25) is 4.79 Å². The van der Waals surface area contributed by atoms with Crippen molar-refractivity contribution in [3.05, 3.63) is 29.3 Å².